The van der Waals surface area contributed by atoms with Crippen molar-refractivity contribution >= 4 is 23.6 Å². The Morgan fingerprint density at radius 2 is 2.16 bits per heavy atom. The number of rotatable bonds is 6. The first-order chi connectivity index (χ1) is 8.97. The summed E-state index contributed by atoms with van der Waals surface area (Å²) in [6.45, 7) is 1.99. The summed E-state index contributed by atoms with van der Waals surface area (Å²) >= 11 is 1.74. The minimum Gasteiger partial charge on any atom is -0.477 e. The van der Waals surface area contributed by atoms with Crippen LogP contribution in [0.15, 0.2) is 18.3 Å². The zero-order valence-corrected chi connectivity index (χ0v) is 12.1. The lowest BCUT2D eigenvalue weighted by atomic mass is 10.2. The van der Waals surface area contributed by atoms with Gasteiger partial charge in [0.05, 0.1) is 5.56 Å². The molecule has 0 spiro atoms. The number of aromatic nitrogens is 1. The number of thioether (sulfide) groups is 1. The minimum atomic E-state index is -1.10. The quantitative estimate of drug-likeness (QED) is 0.864. The molecule has 0 aliphatic heterocycles. The van der Waals surface area contributed by atoms with Crippen molar-refractivity contribution in [2.45, 2.75) is 19.4 Å². The van der Waals surface area contributed by atoms with E-state index in [1.54, 1.807) is 23.7 Å². The van der Waals surface area contributed by atoms with E-state index in [2.05, 4.69) is 4.98 Å². The lowest BCUT2D eigenvalue weighted by Gasteiger charge is -2.24. The Morgan fingerprint density at radius 3 is 2.63 bits per heavy atom. The average molecular weight is 282 g/mol. The van der Waals surface area contributed by atoms with Crippen molar-refractivity contribution in [3.05, 3.63) is 29.6 Å². The van der Waals surface area contributed by atoms with Gasteiger partial charge >= 0.3 is 5.97 Å². The number of hydrogen-bond acceptors (Lipinski definition) is 4. The Kier molecular flexibility index (Phi) is 5.82. The van der Waals surface area contributed by atoms with Gasteiger partial charge in [-0.3, -0.25) is 4.79 Å². The van der Waals surface area contributed by atoms with Crippen molar-refractivity contribution < 1.29 is 14.7 Å². The van der Waals surface area contributed by atoms with Crippen molar-refractivity contribution in [3.8, 4) is 0 Å². The van der Waals surface area contributed by atoms with Gasteiger partial charge in [0.2, 0.25) is 0 Å². The van der Waals surface area contributed by atoms with Gasteiger partial charge in [0.15, 0.2) is 0 Å². The molecule has 1 unspecified atom stereocenters. The highest BCUT2D eigenvalue weighted by Gasteiger charge is 2.18. The van der Waals surface area contributed by atoms with E-state index in [1.807, 2.05) is 13.2 Å². The van der Waals surface area contributed by atoms with Crippen LogP contribution >= 0.6 is 11.8 Å². The third kappa shape index (κ3) is 4.24. The number of nitrogens with zero attached hydrogens (tertiary/aromatic N) is 2. The van der Waals surface area contributed by atoms with Crippen LogP contribution in [0.1, 0.15) is 34.2 Å². The zero-order valence-electron chi connectivity index (χ0n) is 11.3. The molecule has 104 valence electrons. The molecular weight excluding hydrogens is 264 g/mol. The number of carbonyl (C=O) groups is 2. The van der Waals surface area contributed by atoms with E-state index in [-0.39, 0.29) is 17.6 Å². The van der Waals surface area contributed by atoms with E-state index in [1.165, 1.54) is 18.3 Å². The first-order valence-electron chi connectivity index (χ1n) is 5.92. The van der Waals surface area contributed by atoms with Gasteiger partial charge < -0.3 is 10.0 Å². The number of pyridine rings is 1. The second-order valence-corrected chi connectivity index (χ2v) is 5.27. The van der Waals surface area contributed by atoms with Crippen LogP contribution in [0.3, 0.4) is 0 Å². The van der Waals surface area contributed by atoms with E-state index in [0.29, 0.717) is 5.56 Å². The van der Waals surface area contributed by atoms with E-state index < -0.39 is 5.97 Å². The third-order valence-corrected chi connectivity index (χ3v) is 3.59. The van der Waals surface area contributed by atoms with E-state index in [0.717, 1.165) is 12.2 Å². The van der Waals surface area contributed by atoms with Gasteiger partial charge in [0.1, 0.15) is 5.69 Å². The Balaban J connectivity index is 2.73. The molecular formula is C13H18N2O3S. The van der Waals surface area contributed by atoms with Crippen molar-refractivity contribution in [1.82, 2.24) is 9.88 Å². The molecule has 0 saturated heterocycles. The van der Waals surface area contributed by atoms with Crippen molar-refractivity contribution in [2.24, 2.45) is 0 Å². The summed E-state index contributed by atoms with van der Waals surface area (Å²) in [6, 6.07) is 2.98. The van der Waals surface area contributed by atoms with Gasteiger partial charge in [-0.2, -0.15) is 11.8 Å². The van der Waals surface area contributed by atoms with E-state index in [4.69, 9.17) is 5.11 Å². The molecule has 1 aromatic rings. The second kappa shape index (κ2) is 7.13. The fourth-order valence-corrected chi connectivity index (χ4v) is 2.11. The van der Waals surface area contributed by atoms with Crippen LogP contribution in [-0.2, 0) is 0 Å². The summed E-state index contributed by atoms with van der Waals surface area (Å²) in [5.74, 6) is -0.242. The molecule has 1 amide bonds. The summed E-state index contributed by atoms with van der Waals surface area (Å²) in [5.41, 5.74) is 0.345. The number of carboxylic acids is 1. The van der Waals surface area contributed by atoms with Crippen molar-refractivity contribution in [3.63, 3.8) is 0 Å². The molecule has 1 rings (SSSR count). The Labute approximate surface area is 117 Å². The second-order valence-electron chi connectivity index (χ2n) is 4.28. The highest BCUT2D eigenvalue weighted by molar-refractivity contribution is 7.98. The highest BCUT2D eigenvalue weighted by Crippen LogP contribution is 2.10. The molecule has 1 atom stereocenters. The summed E-state index contributed by atoms with van der Waals surface area (Å²) in [7, 11) is 1.75. The molecule has 0 fully saturated rings. The summed E-state index contributed by atoms with van der Waals surface area (Å²) in [5, 5.41) is 8.75. The molecule has 1 heterocycles. The molecule has 1 N–H and O–H groups in total. The minimum absolute atomic E-state index is 0.0605. The largest absolute Gasteiger partial charge is 0.477 e. The topological polar surface area (TPSA) is 70.5 Å². The first kappa shape index (κ1) is 15.5. The standard InChI is InChI=1S/C13H18N2O3S/c1-9(6-7-19-3)15(2)12(16)10-4-5-11(13(17)18)14-8-10/h4-5,8-9H,6-7H2,1-3H3,(H,17,18). The van der Waals surface area contributed by atoms with Gasteiger partial charge in [-0.05, 0) is 37.5 Å². The predicted molar refractivity (Wildman–Crippen MR) is 75.8 cm³/mol. The number of carbonyl (C=O) groups excluding carboxylic acids is 1. The highest BCUT2D eigenvalue weighted by atomic mass is 32.2. The molecule has 0 bridgehead atoms. The molecule has 0 radical (unpaired) electrons. The SMILES string of the molecule is CSCCC(C)N(C)C(=O)c1ccc(C(=O)O)nc1. The van der Waals surface area contributed by atoms with Gasteiger partial charge in [0, 0.05) is 19.3 Å². The molecule has 19 heavy (non-hydrogen) atoms. The molecule has 0 aromatic carbocycles. The fraction of sp³-hybridized carbons (Fsp3) is 0.462. The van der Waals surface area contributed by atoms with Crippen molar-refractivity contribution in [2.75, 3.05) is 19.1 Å². The lowest BCUT2D eigenvalue weighted by molar-refractivity contribution is 0.0686. The van der Waals surface area contributed by atoms with Crippen LogP contribution in [0.2, 0.25) is 0 Å². The maximum absolute atomic E-state index is 12.2. The van der Waals surface area contributed by atoms with Crippen LogP contribution in [0.25, 0.3) is 0 Å². The Bertz CT molecular complexity index is 448. The maximum atomic E-state index is 12.2. The average Bonchev–Trinajstić information content (AvgIpc) is 2.43. The maximum Gasteiger partial charge on any atom is 0.354 e. The van der Waals surface area contributed by atoms with E-state index in [9.17, 15) is 9.59 Å². The fourth-order valence-electron chi connectivity index (χ4n) is 1.53. The first-order valence-corrected chi connectivity index (χ1v) is 7.32. The van der Waals surface area contributed by atoms with Crippen molar-refractivity contribution in [1.29, 1.82) is 0 Å². The van der Waals surface area contributed by atoms with Gasteiger partial charge in [-0.25, -0.2) is 9.78 Å². The molecule has 1 aromatic heterocycles. The lowest BCUT2D eigenvalue weighted by Crippen LogP contribution is -2.35. The predicted octanol–water partition coefficient (Wildman–Crippen LogP) is 1.99. The van der Waals surface area contributed by atoms with Gasteiger partial charge in [-0.15, -0.1) is 0 Å². The number of hydrogen-bond donors (Lipinski definition) is 1. The van der Waals surface area contributed by atoms with Crippen LogP contribution in [0.4, 0.5) is 0 Å². The number of carboxylic acid groups (broad SMARTS) is 1. The number of aromatic carboxylic acids is 1. The normalized spacial score (nSPS) is 11.9. The van der Waals surface area contributed by atoms with Gasteiger partial charge in [-0.1, -0.05) is 0 Å². The van der Waals surface area contributed by atoms with E-state index >= 15 is 0 Å². The molecule has 0 aliphatic rings. The summed E-state index contributed by atoms with van der Waals surface area (Å²) in [4.78, 5) is 28.3. The smallest absolute Gasteiger partial charge is 0.354 e. The molecule has 0 saturated carbocycles. The van der Waals surface area contributed by atoms with Crippen LogP contribution < -0.4 is 0 Å². The van der Waals surface area contributed by atoms with Crippen LogP contribution in [0.5, 0.6) is 0 Å². The number of amides is 1. The van der Waals surface area contributed by atoms with Crippen LogP contribution in [-0.4, -0.2) is 52.0 Å². The zero-order chi connectivity index (χ0) is 14.4. The molecule has 0 aliphatic carbocycles. The summed E-state index contributed by atoms with van der Waals surface area (Å²) in [6.07, 6.45) is 4.26. The third-order valence-electron chi connectivity index (χ3n) is 2.95. The summed E-state index contributed by atoms with van der Waals surface area (Å²) < 4.78 is 0. The Hall–Kier alpha value is -1.56. The van der Waals surface area contributed by atoms with Gasteiger partial charge in [0.25, 0.3) is 5.91 Å². The molecule has 5 nitrogen and oxygen atoms in total. The monoisotopic (exact) mass is 282 g/mol. The van der Waals surface area contributed by atoms with Crippen LogP contribution in [0, 0.1) is 0 Å². The molecule has 6 heteroatoms. The Morgan fingerprint density at radius 1 is 1.47 bits per heavy atom.